The normalized spacial score (nSPS) is 36.7. The van der Waals surface area contributed by atoms with Crippen LogP contribution in [0.25, 0.3) is 0 Å². The van der Waals surface area contributed by atoms with E-state index in [2.05, 4.69) is 4.74 Å². The average Bonchev–Trinajstić information content (AvgIpc) is 2.39. The standard InChI is InChI=1S/C10H15F3O2/c1-6-4-7(2)9(5-6,8(14)15-3)10(11,12)13/h6-7H,4-5H2,1-3H3. The number of ether oxygens (including phenoxy) is 1. The minimum atomic E-state index is -4.52. The van der Waals surface area contributed by atoms with Gasteiger partial charge in [0.25, 0.3) is 0 Å². The van der Waals surface area contributed by atoms with Crippen molar-refractivity contribution in [2.45, 2.75) is 32.9 Å². The van der Waals surface area contributed by atoms with Crippen LogP contribution in [0.15, 0.2) is 0 Å². The van der Waals surface area contributed by atoms with Crippen molar-refractivity contribution in [3.05, 3.63) is 0 Å². The molecule has 0 radical (unpaired) electrons. The molecule has 0 spiro atoms. The van der Waals surface area contributed by atoms with E-state index in [1.807, 2.05) is 0 Å². The molecule has 15 heavy (non-hydrogen) atoms. The van der Waals surface area contributed by atoms with Gasteiger partial charge in [-0.1, -0.05) is 13.8 Å². The Morgan fingerprint density at radius 2 is 1.93 bits per heavy atom. The van der Waals surface area contributed by atoms with Crippen LogP contribution in [0.4, 0.5) is 13.2 Å². The molecule has 1 rings (SSSR count). The van der Waals surface area contributed by atoms with E-state index in [1.54, 1.807) is 6.92 Å². The van der Waals surface area contributed by atoms with Gasteiger partial charge in [-0.05, 0) is 24.7 Å². The number of hydrogen-bond donors (Lipinski definition) is 0. The molecule has 3 atom stereocenters. The number of methoxy groups -OCH3 is 1. The number of carbonyl (C=O) groups excluding carboxylic acids is 1. The summed E-state index contributed by atoms with van der Waals surface area (Å²) in [5.74, 6) is -1.95. The maximum Gasteiger partial charge on any atom is 0.405 e. The number of esters is 1. The molecule has 0 N–H and O–H groups in total. The molecular formula is C10H15F3O2. The van der Waals surface area contributed by atoms with Crippen molar-refractivity contribution in [2.75, 3.05) is 7.11 Å². The van der Waals surface area contributed by atoms with Crippen molar-refractivity contribution in [1.82, 2.24) is 0 Å². The Morgan fingerprint density at radius 3 is 2.20 bits per heavy atom. The van der Waals surface area contributed by atoms with Crippen LogP contribution in [0.3, 0.4) is 0 Å². The number of carbonyl (C=O) groups is 1. The van der Waals surface area contributed by atoms with Gasteiger partial charge in [-0.15, -0.1) is 0 Å². The quantitative estimate of drug-likeness (QED) is 0.640. The van der Waals surface area contributed by atoms with E-state index in [0.717, 1.165) is 7.11 Å². The Morgan fingerprint density at radius 1 is 1.40 bits per heavy atom. The van der Waals surface area contributed by atoms with Crippen molar-refractivity contribution in [1.29, 1.82) is 0 Å². The predicted molar refractivity (Wildman–Crippen MR) is 48.1 cm³/mol. The maximum atomic E-state index is 13.0. The number of alkyl halides is 3. The van der Waals surface area contributed by atoms with Gasteiger partial charge in [-0.3, -0.25) is 4.79 Å². The lowest BCUT2D eigenvalue weighted by Crippen LogP contribution is -2.47. The molecule has 1 saturated carbocycles. The van der Waals surface area contributed by atoms with E-state index >= 15 is 0 Å². The molecule has 0 amide bonds. The van der Waals surface area contributed by atoms with Crippen LogP contribution in [-0.4, -0.2) is 19.3 Å². The van der Waals surface area contributed by atoms with Crippen molar-refractivity contribution in [3.8, 4) is 0 Å². The van der Waals surface area contributed by atoms with Gasteiger partial charge in [-0.2, -0.15) is 13.2 Å². The molecule has 0 aromatic heterocycles. The molecule has 1 aliphatic carbocycles. The summed E-state index contributed by atoms with van der Waals surface area (Å²) in [6.07, 6.45) is -4.27. The minimum absolute atomic E-state index is 0.0966. The first-order valence-corrected chi connectivity index (χ1v) is 4.91. The molecule has 0 aromatic carbocycles. The fourth-order valence-corrected chi connectivity index (χ4v) is 2.62. The Hall–Kier alpha value is -0.740. The Bertz CT molecular complexity index is 262. The number of rotatable bonds is 1. The molecule has 2 nitrogen and oxygen atoms in total. The molecule has 5 heteroatoms. The molecule has 1 aliphatic rings. The molecule has 0 bridgehead atoms. The third-order valence-corrected chi connectivity index (χ3v) is 3.32. The largest absolute Gasteiger partial charge is 0.468 e. The van der Waals surface area contributed by atoms with E-state index in [-0.39, 0.29) is 12.3 Å². The first kappa shape index (κ1) is 12.3. The molecule has 0 aromatic rings. The summed E-state index contributed by atoms with van der Waals surface area (Å²) in [5, 5.41) is 0. The zero-order chi connectivity index (χ0) is 11.9. The van der Waals surface area contributed by atoms with Crippen molar-refractivity contribution >= 4 is 5.97 Å². The second-order valence-electron chi connectivity index (χ2n) is 4.41. The highest BCUT2D eigenvalue weighted by molar-refractivity contribution is 5.78. The summed E-state index contributed by atoms with van der Waals surface area (Å²) < 4.78 is 43.3. The fourth-order valence-electron chi connectivity index (χ4n) is 2.62. The third-order valence-electron chi connectivity index (χ3n) is 3.32. The van der Waals surface area contributed by atoms with E-state index in [4.69, 9.17) is 0 Å². The van der Waals surface area contributed by atoms with Gasteiger partial charge in [0.15, 0.2) is 5.41 Å². The van der Waals surface area contributed by atoms with Crippen molar-refractivity contribution < 1.29 is 22.7 Å². The average molecular weight is 224 g/mol. The first-order chi connectivity index (χ1) is 6.75. The SMILES string of the molecule is COC(=O)C1(C(F)(F)F)CC(C)CC1C. The highest BCUT2D eigenvalue weighted by atomic mass is 19.4. The van der Waals surface area contributed by atoms with Crippen LogP contribution in [-0.2, 0) is 9.53 Å². The van der Waals surface area contributed by atoms with E-state index < -0.39 is 23.5 Å². The monoisotopic (exact) mass is 224 g/mol. The lowest BCUT2D eigenvalue weighted by atomic mass is 9.78. The van der Waals surface area contributed by atoms with Gasteiger partial charge in [0.05, 0.1) is 7.11 Å². The summed E-state index contributed by atoms with van der Waals surface area (Å²) in [6.45, 7) is 3.20. The molecule has 0 aliphatic heterocycles. The van der Waals surface area contributed by atoms with Crippen molar-refractivity contribution in [3.63, 3.8) is 0 Å². The summed E-state index contributed by atoms with van der Waals surface area (Å²) in [4.78, 5) is 11.4. The molecule has 1 fully saturated rings. The van der Waals surface area contributed by atoms with Gasteiger partial charge in [0, 0.05) is 0 Å². The Labute approximate surface area is 86.8 Å². The van der Waals surface area contributed by atoms with Gasteiger partial charge < -0.3 is 4.74 Å². The smallest absolute Gasteiger partial charge is 0.405 e. The molecule has 0 heterocycles. The van der Waals surface area contributed by atoms with Crippen LogP contribution in [0.2, 0.25) is 0 Å². The highest BCUT2D eigenvalue weighted by Gasteiger charge is 2.66. The van der Waals surface area contributed by atoms with Gasteiger partial charge >= 0.3 is 12.1 Å². The summed E-state index contributed by atoms with van der Waals surface area (Å²) in [5.41, 5.74) is -2.29. The summed E-state index contributed by atoms with van der Waals surface area (Å²) >= 11 is 0. The van der Waals surface area contributed by atoms with Crippen LogP contribution in [0.1, 0.15) is 26.7 Å². The highest BCUT2D eigenvalue weighted by Crippen LogP contribution is 2.56. The van der Waals surface area contributed by atoms with Crippen molar-refractivity contribution in [2.24, 2.45) is 17.3 Å². The van der Waals surface area contributed by atoms with Gasteiger partial charge in [0.1, 0.15) is 0 Å². The Kier molecular flexibility index (Phi) is 3.03. The summed E-state index contributed by atoms with van der Waals surface area (Å²) in [6, 6.07) is 0. The van der Waals surface area contributed by atoms with Gasteiger partial charge in [-0.25, -0.2) is 0 Å². The third kappa shape index (κ3) is 1.72. The zero-order valence-electron chi connectivity index (χ0n) is 9.02. The van der Waals surface area contributed by atoms with Gasteiger partial charge in [0.2, 0.25) is 0 Å². The second kappa shape index (κ2) is 3.68. The summed E-state index contributed by atoms with van der Waals surface area (Å²) in [7, 11) is 1.01. The predicted octanol–water partition coefficient (Wildman–Crippen LogP) is 2.77. The minimum Gasteiger partial charge on any atom is -0.468 e. The molecule has 3 unspecified atom stereocenters. The molecule has 88 valence electrons. The lowest BCUT2D eigenvalue weighted by Gasteiger charge is -2.32. The van der Waals surface area contributed by atoms with Crippen LogP contribution in [0.5, 0.6) is 0 Å². The zero-order valence-corrected chi connectivity index (χ0v) is 9.02. The van der Waals surface area contributed by atoms with E-state index in [0.29, 0.717) is 6.42 Å². The lowest BCUT2D eigenvalue weighted by molar-refractivity contribution is -0.242. The topological polar surface area (TPSA) is 26.3 Å². The van der Waals surface area contributed by atoms with E-state index in [9.17, 15) is 18.0 Å². The number of hydrogen-bond acceptors (Lipinski definition) is 2. The van der Waals surface area contributed by atoms with E-state index in [1.165, 1.54) is 6.92 Å². The van der Waals surface area contributed by atoms with Crippen LogP contribution < -0.4 is 0 Å². The fraction of sp³-hybridized carbons (Fsp3) is 0.900. The first-order valence-electron chi connectivity index (χ1n) is 4.91. The molecule has 0 saturated heterocycles. The maximum absolute atomic E-state index is 13.0. The van der Waals surface area contributed by atoms with Crippen LogP contribution in [0, 0.1) is 17.3 Å². The van der Waals surface area contributed by atoms with Crippen LogP contribution >= 0.6 is 0 Å². The number of halogens is 3. The second-order valence-corrected chi connectivity index (χ2v) is 4.41. The molecular weight excluding hydrogens is 209 g/mol. The Balaban J connectivity index is 3.14.